The lowest BCUT2D eigenvalue weighted by Crippen LogP contribution is -2.37. The van der Waals surface area contributed by atoms with E-state index in [1.165, 1.54) is 0 Å². The summed E-state index contributed by atoms with van der Waals surface area (Å²) >= 11 is 0. The Morgan fingerprint density at radius 3 is 2.60 bits per heavy atom. The summed E-state index contributed by atoms with van der Waals surface area (Å²) in [6.45, 7) is 0. The van der Waals surface area contributed by atoms with E-state index in [9.17, 15) is 5.11 Å². The molecule has 0 aromatic carbocycles. The maximum atomic E-state index is 10.1. The topological polar surface area (TPSA) is 56.6 Å². The molecule has 2 N–H and O–H groups in total. The molecule has 0 saturated heterocycles. The Labute approximate surface area is 88.4 Å². The largest absolute Gasteiger partial charge is 0.380 e. The van der Waals surface area contributed by atoms with Gasteiger partial charge in [0.25, 0.3) is 0 Å². The van der Waals surface area contributed by atoms with Crippen LogP contribution < -0.4 is 5.43 Å². The predicted molar refractivity (Wildman–Crippen MR) is 54.9 cm³/mol. The summed E-state index contributed by atoms with van der Waals surface area (Å²) in [7, 11) is 5.61. The van der Waals surface area contributed by atoms with Gasteiger partial charge in [0.05, 0.1) is 23.9 Å². The van der Waals surface area contributed by atoms with Crippen LogP contribution in [0.1, 0.15) is 11.8 Å². The predicted octanol–water partition coefficient (Wildman–Crippen LogP) is -0.408. The third-order valence-electron chi connectivity index (χ3n) is 2.64. The van der Waals surface area contributed by atoms with Crippen molar-refractivity contribution in [1.82, 2.24) is 25.1 Å². The van der Waals surface area contributed by atoms with Gasteiger partial charge < -0.3 is 15.1 Å². The lowest BCUT2D eigenvalue weighted by Gasteiger charge is -2.26. The Balaban J connectivity index is 2.23. The molecular weight excluding hydrogens is 194 g/mol. The standard InChI is InChI=1S/C9H15N5O/c1-12-6-10-4-7(12)9(15)8-5-11-14(3)13(8)2/h4-6,9,11,15H,1-3H3. The average molecular weight is 209 g/mol. The van der Waals surface area contributed by atoms with E-state index in [4.69, 9.17) is 0 Å². The van der Waals surface area contributed by atoms with Crippen LogP contribution in [0, 0.1) is 0 Å². The summed E-state index contributed by atoms with van der Waals surface area (Å²) in [6.07, 6.45) is 4.44. The van der Waals surface area contributed by atoms with E-state index in [0.29, 0.717) is 0 Å². The fourth-order valence-electron chi connectivity index (χ4n) is 1.55. The Morgan fingerprint density at radius 2 is 2.13 bits per heavy atom. The summed E-state index contributed by atoms with van der Waals surface area (Å²) in [4.78, 5) is 3.98. The average Bonchev–Trinajstić information content (AvgIpc) is 2.75. The van der Waals surface area contributed by atoms with Gasteiger partial charge in [0, 0.05) is 27.3 Å². The van der Waals surface area contributed by atoms with Crippen LogP contribution in [0.2, 0.25) is 0 Å². The Morgan fingerprint density at radius 1 is 1.40 bits per heavy atom. The summed E-state index contributed by atoms with van der Waals surface area (Å²) in [5.41, 5.74) is 4.55. The van der Waals surface area contributed by atoms with E-state index in [1.807, 2.05) is 26.2 Å². The lowest BCUT2D eigenvalue weighted by molar-refractivity contribution is 0.0278. The van der Waals surface area contributed by atoms with E-state index in [1.54, 1.807) is 28.4 Å². The maximum Gasteiger partial charge on any atom is 0.138 e. The monoisotopic (exact) mass is 209 g/mol. The fraction of sp³-hybridized carbons (Fsp3) is 0.444. The van der Waals surface area contributed by atoms with E-state index in [0.717, 1.165) is 11.4 Å². The summed E-state index contributed by atoms with van der Waals surface area (Å²) < 4.78 is 1.80. The first-order valence-electron chi connectivity index (χ1n) is 4.69. The number of nitrogens with zero attached hydrogens (tertiary/aromatic N) is 4. The normalized spacial score (nSPS) is 18.9. The van der Waals surface area contributed by atoms with Crippen LogP contribution >= 0.6 is 0 Å². The summed E-state index contributed by atoms with van der Waals surface area (Å²) in [5.74, 6) is 0. The molecule has 0 radical (unpaired) electrons. The highest BCUT2D eigenvalue weighted by Crippen LogP contribution is 2.25. The third kappa shape index (κ3) is 1.57. The minimum absolute atomic E-state index is 0.667. The maximum absolute atomic E-state index is 10.1. The zero-order valence-corrected chi connectivity index (χ0v) is 9.05. The number of aliphatic hydroxyl groups excluding tert-OH is 1. The second-order valence-electron chi connectivity index (χ2n) is 3.58. The molecule has 0 bridgehead atoms. The van der Waals surface area contributed by atoms with Gasteiger partial charge in [-0.1, -0.05) is 0 Å². The molecule has 1 aliphatic heterocycles. The molecule has 0 spiro atoms. The highest BCUT2D eigenvalue weighted by Gasteiger charge is 2.25. The number of likely N-dealkylation sites (N-methyl/N-ethyl adjacent to an activating group) is 1. The van der Waals surface area contributed by atoms with Crippen molar-refractivity contribution in [2.24, 2.45) is 7.05 Å². The second kappa shape index (κ2) is 3.56. The van der Waals surface area contributed by atoms with Crippen molar-refractivity contribution in [2.45, 2.75) is 6.10 Å². The number of hydrazine groups is 2. The van der Waals surface area contributed by atoms with Crippen molar-refractivity contribution < 1.29 is 5.11 Å². The van der Waals surface area contributed by atoms with Gasteiger partial charge in [0.15, 0.2) is 0 Å². The first kappa shape index (κ1) is 10.0. The minimum Gasteiger partial charge on any atom is -0.380 e. The van der Waals surface area contributed by atoms with Crippen molar-refractivity contribution in [1.29, 1.82) is 0 Å². The van der Waals surface area contributed by atoms with Crippen molar-refractivity contribution in [3.63, 3.8) is 0 Å². The number of hydrogen-bond donors (Lipinski definition) is 2. The molecule has 1 aromatic heterocycles. The highest BCUT2D eigenvalue weighted by molar-refractivity contribution is 5.18. The highest BCUT2D eigenvalue weighted by atomic mass is 16.3. The van der Waals surface area contributed by atoms with Crippen LogP contribution in [0.15, 0.2) is 24.4 Å². The number of hydrogen-bond acceptors (Lipinski definition) is 5. The molecule has 2 heterocycles. The van der Waals surface area contributed by atoms with Crippen LogP contribution in [-0.2, 0) is 7.05 Å². The molecule has 15 heavy (non-hydrogen) atoms. The molecule has 6 heteroatoms. The molecule has 1 atom stereocenters. The molecule has 0 fully saturated rings. The Bertz CT molecular complexity index is 386. The Hall–Kier alpha value is -1.53. The second-order valence-corrected chi connectivity index (χ2v) is 3.58. The van der Waals surface area contributed by atoms with Crippen LogP contribution in [0.25, 0.3) is 0 Å². The van der Waals surface area contributed by atoms with E-state index >= 15 is 0 Å². The van der Waals surface area contributed by atoms with Crippen molar-refractivity contribution >= 4 is 0 Å². The van der Waals surface area contributed by atoms with Crippen molar-refractivity contribution in [3.8, 4) is 0 Å². The summed E-state index contributed by atoms with van der Waals surface area (Å²) in [5, 5.41) is 13.8. The molecule has 82 valence electrons. The van der Waals surface area contributed by atoms with Gasteiger partial charge in [-0.3, -0.25) is 5.01 Å². The van der Waals surface area contributed by atoms with Gasteiger partial charge in [0.2, 0.25) is 0 Å². The minimum atomic E-state index is -0.667. The summed E-state index contributed by atoms with van der Waals surface area (Å²) in [6, 6.07) is 0. The first-order chi connectivity index (χ1) is 7.11. The quantitative estimate of drug-likeness (QED) is 0.693. The number of rotatable bonds is 2. The molecule has 1 aromatic rings. The SMILES string of the molecule is CN1NC=C(C(O)c2cncn2C)N1C. The number of aliphatic hydroxyl groups is 1. The number of aromatic nitrogens is 2. The van der Waals surface area contributed by atoms with Crippen LogP contribution in [0.3, 0.4) is 0 Å². The molecular formula is C9H15N5O. The number of imidazole rings is 1. The van der Waals surface area contributed by atoms with Crippen molar-refractivity contribution in [2.75, 3.05) is 14.1 Å². The van der Waals surface area contributed by atoms with Gasteiger partial charge in [0.1, 0.15) is 6.10 Å². The van der Waals surface area contributed by atoms with Crippen LogP contribution in [0.4, 0.5) is 0 Å². The molecule has 6 nitrogen and oxygen atoms in total. The number of aryl methyl sites for hydroxylation is 1. The first-order valence-corrected chi connectivity index (χ1v) is 4.69. The van der Waals surface area contributed by atoms with Gasteiger partial charge in [-0.2, -0.15) is 0 Å². The van der Waals surface area contributed by atoms with Crippen LogP contribution in [-0.4, -0.2) is 38.9 Å². The zero-order valence-electron chi connectivity index (χ0n) is 9.05. The van der Waals surface area contributed by atoms with Gasteiger partial charge >= 0.3 is 0 Å². The van der Waals surface area contributed by atoms with E-state index < -0.39 is 6.10 Å². The van der Waals surface area contributed by atoms with Gasteiger partial charge in [-0.15, -0.1) is 5.12 Å². The molecule has 1 unspecified atom stereocenters. The number of nitrogens with one attached hydrogen (secondary N) is 1. The van der Waals surface area contributed by atoms with Crippen LogP contribution in [0.5, 0.6) is 0 Å². The molecule has 0 amide bonds. The fourth-order valence-corrected chi connectivity index (χ4v) is 1.55. The smallest absolute Gasteiger partial charge is 0.138 e. The van der Waals surface area contributed by atoms with Gasteiger partial charge in [-0.25, -0.2) is 4.98 Å². The molecule has 2 rings (SSSR count). The third-order valence-corrected chi connectivity index (χ3v) is 2.64. The Kier molecular flexibility index (Phi) is 2.37. The van der Waals surface area contributed by atoms with E-state index in [2.05, 4.69) is 10.4 Å². The molecule has 0 aliphatic carbocycles. The molecule has 0 saturated carbocycles. The zero-order chi connectivity index (χ0) is 11.0. The van der Waals surface area contributed by atoms with Crippen molar-refractivity contribution in [3.05, 3.63) is 30.1 Å². The molecule has 1 aliphatic rings. The van der Waals surface area contributed by atoms with Gasteiger partial charge in [-0.05, 0) is 0 Å². The lowest BCUT2D eigenvalue weighted by atomic mass is 10.2. The van der Waals surface area contributed by atoms with E-state index in [-0.39, 0.29) is 0 Å².